The molecule has 150 valence electrons. The van der Waals surface area contributed by atoms with Crippen molar-refractivity contribution in [2.24, 2.45) is 0 Å². The van der Waals surface area contributed by atoms with E-state index in [2.05, 4.69) is 23.2 Å². The minimum absolute atomic E-state index is 0.349. The maximum Gasteiger partial charge on any atom is 0.133 e. The largest absolute Gasteiger partial charge is 0.493 e. The molecule has 0 aliphatic carbocycles. The molecule has 3 rings (SSSR count). The number of ketones is 1. The summed E-state index contributed by atoms with van der Waals surface area (Å²) < 4.78 is 6.03. The van der Waals surface area contributed by atoms with E-state index in [1.807, 2.05) is 54.7 Å². The van der Waals surface area contributed by atoms with E-state index in [-0.39, 0.29) is 0 Å². The zero-order valence-corrected chi connectivity index (χ0v) is 16.9. The maximum atomic E-state index is 12.0. The number of rotatable bonds is 12. The van der Waals surface area contributed by atoms with E-state index in [1.165, 1.54) is 5.56 Å². The van der Waals surface area contributed by atoms with Crippen LogP contribution in [0.15, 0.2) is 79.1 Å². The zero-order chi connectivity index (χ0) is 20.2. The van der Waals surface area contributed by atoms with Crippen LogP contribution >= 0.6 is 0 Å². The predicted molar refractivity (Wildman–Crippen MR) is 118 cm³/mol. The monoisotopic (exact) mass is 387 g/mol. The first-order chi connectivity index (χ1) is 14.3. The summed E-state index contributed by atoms with van der Waals surface area (Å²) in [6.45, 7) is 0.707. The van der Waals surface area contributed by atoms with Gasteiger partial charge < -0.3 is 4.74 Å². The van der Waals surface area contributed by atoms with Crippen LogP contribution in [-0.4, -0.2) is 17.4 Å². The average Bonchev–Trinajstić information content (AvgIpc) is 2.78. The Hall–Kier alpha value is -2.94. The minimum atomic E-state index is 0.349. The van der Waals surface area contributed by atoms with Crippen LogP contribution in [-0.2, 0) is 11.2 Å². The highest BCUT2D eigenvalue weighted by atomic mass is 16.5. The Labute approximate surface area is 173 Å². The normalized spacial score (nSPS) is 10.6. The van der Waals surface area contributed by atoms with Crippen LogP contribution in [0.2, 0.25) is 0 Å². The standard InChI is InChI=1S/C26H29NO2/c28-24(18-17-22-11-10-19-27-21-22)14-6-1-2-9-20-29-26-16-8-7-15-25(26)23-12-4-3-5-13-23/h3-5,7-8,10-13,15-16,19,21H,1-2,6,9,14,17-18,20H2. The van der Waals surface area contributed by atoms with Gasteiger partial charge in [0.1, 0.15) is 11.5 Å². The highest BCUT2D eigenvalue weighted by Gasteiger charge is 2.06. The third-order valence-electron chi connectivity index (χ3n) is 4.99. The molecule has 0 aliphatic heterocycles. The van der Waals surface area contributed by atoms with E-state index < -0.39 is 0 Å². The predicted octanol–water partition coefficient (Wildman–Crippen LogP) is 6.28. The first-order valence-corrected chi connectivity index (χ1v) is 10.5. The summed E-state index contributed by atoms with van der Waals surface area (Å²) in [5.41, 5.74) is 3.44. The van der Waals surface area contributed by atoms with Gasteiger partial charge >= 0.3 is 0 Å². The molecule has 0 bridgehead atoms. The number of carbonyl (C=O) groups is 1. The molecule has 3 heteroatoms. The molecule has 3 nitrogen and oxygen atoms in total. The summed E-state index contributed by atoms with van der Waals surface area (Å²) in [5.74, 6) is 1.28. The van der Waals surface area contributed by atoms with Crippen molar-refractivity contribution in [3.05, 3.63) is 84.7 Å². The number of pyridine rings is 1. The van der Waals surface area contributed by atoms with Gasteiger partial charge in [0.05, 0.1) is 6.61 Å². The van der Waals surface area contributed by atoms with Crippen molar-refractivity contribution in [2.75, 3.05) is 6.61 Å². The second kappa shape index (κ2) is 11.8. The lowest BCUT2D eigenvalue weighted by atomic mass is 10.0. The van der Waals surface area contributed by atoms with E-state index >= 15 is 0 Å². The fourth-order valence-electron chi connectivity index (χ4n) is 3.36. The Morgan fingerprint density at radius 3 is 2.41 bits per heavy atom. The maximum absolute atomic E-state index is 12.0. The van der Waals surface area contributed by atoms with Gasteiger partial charge in [0.15, 0.2) is 0 Å². The van der Waals surface area contributed by atoms with Gasteiger partial charge in [-0.25, -0.2) is 0 Å². The molecule has 0 fully saturated rings. The quantitative estimate of drug-likeness (QED) is 0.343. The van der Waals surface area contributed by atoms with E-state index in [0.717, 1.165) is 49.0 Å². The molecule has 0 spiro atoms. The zero-order valence-electron chi connectivity index (χ0n) is 16.9. The van der Waals surface area contributed by atoms with Gasteiger partial charge in [-0.1, -0.05) is 67.4 Å². The molecule has 0 aliphatic rings. The van der Waals surface area contributed by atoms with Crippen LogP contribution in [0, 0.1) is 0 Å². The second-order valence-corrected chi connectivity index (χ2v) is 7.27. The molecule has 0 radical (unpaired) electrons. The van der Waals surface area contributed by atoms with Crippen LogP contribution < -0.4 is 4.74 Å². The number of benzene rings is 2. The van der Waals surface area contributed by atoms with Crippen LogP contribution in [0.1, 0.15) is 44.1 Å². The van der Waals surface area contributed by atoms with E-state index in [1.54, 1.807) is 6.20 Å². The Bertz CT molecular complexity index is 862. The Morgan fingerprint density at radius 1 is 0.793 bits per heavy atom. The van der Waals surface area contributed by atoms with Gasteiger partial charge in [0.2, 0.25) is 0 Å². The molecule has 0 saturated carbocycles. The number of aryl methyl sites for hydroxylation is 1. The first-order valence-electron chi connectivity index (χ1n) is 10.5. The molecule has 0 saturated heterocycles. The van der Waals surface area contributed by atoms with Crippen molar-refractivity contribution in [3.63, 3.8) is 0 Å². The van der Waals surface area contributed by atoms with Crippen LogP contribution in [0.25, 0.3) is 11.1 Å². The van der Waals surface area contributed by atoms with Crippen LogP contribution in [0.5, 0.6) is 5.75 Å². The van der Waals surface area contributed by atoms with E-state index in [9.17, 15) is 4.79 Å². The summed E-state index contributed by atoms with van der Waals surface area (Å²) in [7, 11) is 0. The number of ether oxygens (including phenoxy) is 1. The fraction of sp³-hybridized carbons (Fsp3) is 0.308. The highest BCUT2D eigenvalue weighted by molar-refractivity contribution is 5.78. The Balaban J connectivity index is 1.29. The lowest BCUT2D eigenvalue weighted by Gasteiger charge is -2.11. The number of Topliss-reactive ketones (excluding diaryl/α,β-unsaturated/α-hetero) is 1. The molecule has 1 heterocycles. The van der Waals surface area contributed by atoms with Crippen molar-refractivity contribution in [3.8, 4) is 16.9 Å². The minimum Gasteiger partial charge on any atom is -0.493 e. The smallest absolute Gasteiger partial charge is 0.133 e. The third kappa shape index (κ3) is 7.19. The molecule has 2 aromatic carbocycles. The van der Waals surface area contributed by atoms with Crippen molar-refractivity contribution in [1.29, 1.82) is 0 Å². The van der Waals surface area contributed by atoms with Crippen molar-refractivity contribution >= 4 is 5.78 Å². The number of unbranched alkanes of at least 4 members (excludes halogenated alkanes) is 3. The third-order valence-corrected chi connectivity index (χ3v) is 4.99. The SMILES string of the molecule is O=C(CCCCCCOc1ccccc1-c1ccccc1)CCc1cccnc1. The van der Waals surface area contributed by atoms with Gasteiger partial charge in [-0.15, -0.1) is 0 Å². The fourth-order valence-corrected chi connectivity index (χ4v) is 3.36. The molecule has 29 heavy (non-hydrogen) atoms. The highest BCUT2D eigenvalue weighted by Crippen LogP contribution is 2.29. The summed E-state index contributed by atoms with van der Waals surface area (Å²) in [6, 6.07) is 22.5. The lowest BCUT2D eigenvalue weighted by molar-refractivity contribution is -0.119. The molecule has 1 aromatic heterocycles. The molecular formula is C26H29NO2. The van der Waals surface area contributed by atoms with Gasteiger partial charge in [-0.2, -0.15) is 0 Å². The molecule has 0 N–H and O–H groups in total. The topological polar surface area (TPSA) is 39.2 Å². The number of nitrogens with zero attached hydrogens (tertiary/aromatic N) is 1. The number of carbonyl (C=O) groups excluding carboxylic acids is 1. The van der Waals surface area contributed by atoms with Crippen molar-refractivity contribution < 1.29 is 9.53 Å². The van der Waals surface area contributed by atoms with Crippen LogP contribution in [0.4, 0.5) is 0 Å². The van der Waals surface area contributed by atoms with Gasteiger partial charge in [0, 0.05) is 30.8 Å². The lowest BCUT2D eigenvalue weighted by Crippen LogP contribution is -2.01. The Morgan fingerprint density at radius 2 is 1.59 bits per heavy atom. The number of hydrogen-bond donors (Lipinski definition) is 0. The van der Waals surface area contributed by atoms with E-state index in [4.69, 9.17) is 4.74 Å². The van der Waals surface area contributed by atoms with Gasteiger partial charge in [-0.05, 0) is 42.5 Å². The number of hydrogen-bond acceptors (Lipinski definition) is 3. The Kier molecular flexibility index (Phi) is 8.46. The number of para-hydroxylation sites is 1. The van der Waals surface area contributed by atoms with Crippen molar-refractivity contribution in [1.82, 2.24) is 4.98 Å². The second-order valence-electron chi connectivity index (χ2n) is 7.27. The summed E-state index contributed by atoms with van der Waals surface area (Å²) >= 11 is 0. The molecule has 0 unspecified atom stereocenters. The van der Waals surface area contributed by atoms with Gasteiger partial charge in [-0.3, -0.25) is 9.78 Å². The average molecular weight is 388 g/mol. The van der Waals surface area contributed by atoms with Crippen LogP contribution in [0.3, 0.4) is 0 Å². The van der Waals surface area contributed by atoms with Gasteiger partial charge in [0.25, 0.3) is 0 Å². The van der Waals surface area contributed by atoms with E-state index in [0.29, 0.717) is 25.2 Å². The number of aromatic nitrogens is 1. The van der Waals surface area contributed by atoms with Crippen molar-refractivity contribution in [2.45, 2.75) is 44.9 Å². The molecule has 0 amide bonds. The summed E-state index contributed by atoms with van der Waals surface area (Å²) in [5, 5.41) is 0. The molecular weight excluding hydrogens is 358 g/mol. The summed E-state index contributed by atoms with van der Waals surface area (Å²) in [6.07, 6.45) is 9.81. The summed E-state index contributed by atoms with van der Waals surface area (Å²) in [4.78, 5) is 16.1. The molecule has 0 atom stereocenters. The molecule has 3 aromatic rings. The first kappa shape index (κ1) is 20.8.